The van der Waals surface area contributed by atoms with Crippen LogP contribution in [0.25, 0.3) is 0 Å². The van der Waals surface area contributed by atoms with Crippen molar-refractivity contribution in [1.82, 2.24) is 5.32 Å². The standard InChI is InChI=1S/C15H16N2O2S/c1-18-14-9-11(10-17-15(16)20)7-8-13(14)19-12-5-3-2-4-6-12/h2-9H,10H2,1H3,(H3,16,17,20). The Morgan fingerprint density at radius 1 is 1.15 bits per heavy atom. The second kappa shape index (κ2) is 6.77. The van der Waals surface area contributed by atoms with Crippen molar-refractivity contribution in [2.24, 2.45) is 5.73 Å². The third kappa shape index (κ3) is 3.86. The summed E-state index contributed by atoms with van der Waals surface area (Å²) < 4.78 is 11.1. The first kappa shape index (κ1) is 14.1. The van der Waals surface area contributed by atoms with E-state index in [2.05, 4.69) is 5.32 Å². The van der Waals surface area contributed by atoms with Crippen LogP contribution >= 0.6 is 12.2 Å². The molecule has 0 unspecified atom stereocenters. The van der Waals surface area contributed by atoms with Crippen LogP contribution in [0.1, 0.15) is 5.56 Å². The maximum absolute atomic E-state index is 5.79. The van der Waals surface area contributed by atoms with Crippen molar-refractivity contribution in [2.45, 2.75) is 6.54 Å². The summed E-state index contributed by atoms with van der Waals surface area (Å²) >= 11 is 4.78. The molecule has 0 fully saturated rings. The molecular weight excluding hydrogens is 272 g/mol. The highest BCUT2D eigenvalue weighted by atomic mass is 32.1. The molecule has 0 heterocycles. The van der Waals surface area contributed by atoms with E-state index in [9.17, 15) is 0 Å². The molecule has 2 aromatic carbocycles. The highest BCUT2D eigenvalue weighted by Gasteiger charge is 2.07. The van der Waals surface area contributed by atoms with Crippen molar-refractivity contribution >= 4 is 17.3 Å². The zero-order valence-electron chi connectivity index (χ0n) is 11.1. The Bertz CT molecular complexity index is 588. The number of rotatable bonds is 5. The Hall–Kier alpha value is -2.27. The normalized spacial score (nSPS) is 9.85. The van der Waals surface area contributed by atoms with Gasteiger partial charge in [-0.15, -0.1) is 0 Å². The highest BCUT2D eigenvalue weighted by Crippen LogP contribution is 2.32. The van der Waals surface area contributed by atoms with Gasteiger partial charge in [-0.25, -0.2) is 0 Å². The number of nitrogens with one attached hydrogen (secondary N) is 1. The van der Waals surface area contributed by atoms with Crippen LogP contribution in [0.2, 0.25) is 0 Å². The van der Waals surface area contributed by atoms with Crippen molar-refractivity contribution in [3.05, 3.63) is 54.1 Å². The monoisotopic (exact) mass is 288 g/mol. The van der Waals surface area contributed by atoms with Crippen LogP contribution in [-0.4, -0.2) is 12.2 Å². The van der Waals surface area contributed by atoms with Crippen LogP contribution in [0.3, 0.4) is 0 Å². The van der Waals surface area contributed by atoms with Gasteiger partial charge in [0.25, 0.3) is 0 Å². The number of nitrogens with two attached hydrogens (primary N) is 1. The Kier molecular flexibility index (Phi) is 4.79. The average molecular weight is 288 g/mol. The van der Waals surface area contributed by atoms with Crippen LogP contribution < -0.4 is 20.5 Å². The zero-order valence-corrected chi connectivity index (χ0v) is 11.9. The van der Waals surface area contributed by atoms with Crippen LogP contribution in [0.4, 0.5) is 0 Å². The Morgan fingerprint density at radius 3 is 2.55 bits per heavy atom. The van der Waals surface area contributed by atoms with E-state index in [1.807, 2.05) is 48.5 Å². The molecule has 0 aliphatic carbocycles. The van der Waals surface area contributed by atoms with E-state index in [1.165, 1.54) is 0 Å². The van der Waals surface area contributed by atoms with Gasteiger partial charge in [-0.2, -0.15) is 0 Å². The van der Waals surface area contributed by atoms with Gasteiger partial charge < -0.3 is 20.5 Å². The number of hydrogen-bond acceptors (Lipinski definition) is 3. The molecule has 4 nitrogen and oxygen atoms in total. The molecule has 2 aromatic rings. The van der Waals surface area contributed by atoms with E-state index in [4.69, 9.17) is 27.4 Å². The molecule has 104 valence electrons. The largest absolute Gasteiger partial charge is 0.493 e. The van der Waals surface area contributed by atoms with Crippen LogP contribution in [-0.2, 0) is 6.54 Å². The van der Waals surface area contributed by atoms with Gasteiger partial charge in [0.2, 0.25) is 0 Å². The van der Waals surface area contributed by atoms with Crippen molar-refractivity contribution in [2.75, 3.05) is 7.11 Å². The maximum Gasteiger partial charge on any atom is 0.169 e. The quantitative estimate of drug-likeness (QED) is 0.829. The number of hydrogen-bond donors (Lipinski definition) is 2. The molecule has 0 radical (unpaired) electrons. The van der Waals surface area contributed by atoms with Crippen molar-refractivity contribution < 1.29 is 9.47 Å². The lowest BCUT2D eigenvalue weighted by Gasteiger charge is -2.12. The van der Waals surface area contributed by atoms with Gasteiger partial charge >= 0.3 is 0 Å². The topological polar surface area (TPSA) is 56.5 Å². The lowest BCUT2D eigenvalue weighted by molar-refractivity contribution is 0.378. The van der Waals surface area contributed by atoms with E-state index in [0.29, 0.717) is 18.0 Å². The van der Waals surface area contributed by atoms with Gasteiger partial charge in [-0.1, -0.05) is 24.3 Å². The van der Waals surface area contributed by atoms with Gasteiger partial charge in [0.05, 0.1) is 7.11 Å². The van der Waals surface area contributed by atoms with Gasteiger partial charge in [-0.05, 0) is 42.0 Å². The van der Waals surface area contributed by atoms with Gasteiger partial charge in [-0.3, -0.25) is 0 Å². The van der Waals surface area contributed by atoms with Crippen molar-refractivity contribution in [1.29, 1.82) is 0 Å². The van der Waals surface area contributed by atoms with E-state index >= 15 is 0 Å². The van der Waals surface area contributed by atoms with Crippen LogP contribution in [0, 0.1) is 0 Å². The Balaban J connectivity index is 2.15. The summed E-state index contributed by atoms with van der Waals surface area (Å²) in [4.78, 5) is 0. The maximum atomic E-state index is 5.79. The van der Waals surface area contributed by atoms with Crippen LogP contribution in [0.15, 0.2) is 48.5 Å². The summed E-state index contributed by atoms with van der Waals surface area (Å²) in [5, 5.41) is 3.17. The summed E-state index contributed by atoms with van der Waals surface area (Å²) in [6.07, 6.45) is 0. The Labute approximate surface area is 123 Å². The molecule has 0 saturated carbocycles. The van der Waals surface area contributed by atoms with Crippen LogP contribution in [0.5, 0.6) is 17.2 Å². The van der Waals surface area contributed by atoms with Gasteiger partial charge in [0.1, 0.15) is 5.75 Å². The molecule has 2 rings (SSSR count). The minimum absolute atomic E-state index is 0.272. The molecule has 0 aromatic heterocycles. The molecule has 0 saturated heterocycles. The summed E-state index contributed by atoms with van der Waals surface area (Å²) in [6, 6.07) is 15.3. The fourth-order valence-electron chi connectivity index (χ4n) is 1.71. The number of ether oxygens (including phenoxy) is 2. The molecule has 0 aliphatic rings. The van der Waals surface area contributed by atoms with E-state index in [1.54, 1.807) is 7.11 Å². The number of para-hydroxylation sites is 1. The molecule has 5 heteroatoms. The molecule has 0 bridgehead atoms. The van der Waals surface area contributed by atoms with E-state index in [0.717, 1.165) is 11.3 Å². The zero-order chi connectivity index (χ0) is 14.4. The first-order valence-corrected chi connectivity index (χ1v) is 6.53. The van der Waals surface area contributed by atoms with Gasteiger partial charge in [0, 0.05) is 6.54 Å². The van der Waals surface area contributed by atoms with Gasteiger partial charge in [0.15, 0.2) is 16.6 Å². The minimum Gasteiger partial charge on any atom is -0.493 e. The molecule has 0 aliphatic heterocycles. The molecule has 3 N–H and O–H groups in total. The number of thiocarbonyl (C=S) groups is 1. The first-order valence-electron chi connectivity index (χ1n) is 6.12. The number of benzene rings is 2. The first-order chi connectivity index (χ1) is 9.69. The summed E-state index contributed by atoms with van der Waals surface area (Å²) in [6.45, 7) is 0.553. The fraction of sp³-hybridized carbons (Fsp3) is 0.133. The predicted octanol–water partition coefficient (Wildman–Crippen LogP) is 2.82. The minimum atomic E-state index is 0.272. The molecule has 0 atom stereocenters. The second-order valence-corrected chi connectivity index (χ2v) is 4.56. The molecule has 20 heavy (non-hydrogen) atoms. The van der Waals surface area contributed by atoms with E-state index in [-0.39, 0.29) is 5.11 Å². The third-order valence-corrected chi connectivity index (χ3v) is 2.81. The predicted molar refractivity (Wildman–Crippen MR) is 83.1 cm³/mol. The number of methoxy groups -OCH3 is 1. The lowest BCUT2D eigenvalue weighted by Crippen LogP contribution is -2.28. The summed E-state index contributed by atoms with van der Waals surface area (Å²) in [5.74, 6) is 2.09. The van der Waals surface area contributed by atoms with E-state index < -0.39 is 0 Å². The smallest absolute Gasteiger partial charge is 0.169 e. The fourth-order valence-corrected chi connectivity index (χ4v) is 1.78. The second-order valence-electron chi connectivity index (χ2n) is 4.12. The molecule has 0 spiro atoms. The molecule has 0 amide bonds. The SMILES string of the molecule is COc1cc(CNC(N)=S)ccc1Oc1ccccc1. The summed E-state index contributed by atoms with van der Waals surface area (Å²) in [7, 11) is 1.61. The lowest BCUT2D eigenvalue weighted by atomic mass is 10.2. The molecular formula is C15H16N2O2S. The van der Waals surface area contributed by atoms with Crippen molar-refractivity contribution in [3.8, 4) is 17.2 Å². The Morgan fingerprint density at radius 2 is 1.90 bits per heavy atom. The average Bonchev–Trinajstić information content (AvgIpc) is 2.47. The highest BCUT2D eigenvalue weighted by molar-refractivity contribution is 7.80. The van der Waals surface area contributed by atoms with Crippen molar-refractivity contribution in [3.63, 3.8) is 0 Å². The summed E-state index contributed by atoms with van der Waals surface area (Å²) in [5.41, 5.74) is 6.42. The third-order valence-electron chi connectivity index (χ3n) is 2.67.